The average Bonchev–Trinajstić information content (AvgIpc) is 2.49. The average molecular weight is 312 g/mol. The van der Waals surface area contributed by atoms with Gasteiger partial charge in [-0.1, -0.05) is 39.0 Å². The molecule has 0 amide bonds. The lowest BCUT2D eigenvalue weighted by Crippen LogP contribution is -2.09. The highest BCUT2D eigenvalue weighted by molar-refractivity contribution is 5.75. The molecule has 0 saturated heterocycles. The third kappa shape index (κ3) is 4.93. The molecular formula is C18H23F3O. The van der Waals surface area contributed by atoms with Gasteiger partial charge in [0.2, 0.25) is 0 Å². The van der Waals surface area contributed by atoms with E-state index in [2.05, 4.69) is 6.58 Å². The van der Waals surface area contributed by atoms with E-state index in [0.29, 0.717) is 29.7 Å². The van der Waals surface area contributed by atoms with Gasteiger partial charge in [0.25, 0.3) is 0 Å². The van der Waals surface area contributed by atoms with Crippen molar-refractivity contribution >= 4 is 5.57 Å². The zero-order chi connectivity index (χ0) is 16.8. The van der Waals surface area contributed by atoms with Gasteiger partial charge in [0.05, 0.1) is 18.4 Å². The lowest BCUT2D eigenvalue weighted by molar-refractivity contribution is -0.137. The monoisotopic (exact) mass is 312 g/mol. The second-order valence-corrected chi connectivity index (χ2v) is 5.17. The molecule has 1 rings (SSSR count). The van der Waals surface area contributed by atoms with Crippen molar-refractivity contribution in [1.29, 1.82) is 0 Å². The van der Waals surface area contributed by atoms with Crippen LogP contribution in [0.3, 0.4) is 0 Å². The minimum absolute atomic E-state index is 0.107. The standard InChI is InChI=1S/C18H23F3O/c1-5-7-8-14-9-10-16(17(12-14)18(19,20)21)13(3)11-15(6-2)22-4/h9-12H,3,5-8H2,1-2,4H3/b15-11-. The van der Waals surface area contributed by atoms with E-state index < -0.39 is 11.7 Å². The molecule has 0 aliphatic carbocycles. The van der Waals surface area contributed by atoms with Crippen LogP contribution in [0.2, 0.25) is 0 Å². The van der Waals surface area contributed by atoms with Crippen molar-refractivity contribution in [3.05, 3.63) is 53.3 Å². The van der Waals surface area contributed by atoms with Crippen LogP contribution in [-0.2, 0) is 17.3 Å². The van der Waals surface area contributed by atoms with E-state index in [1.165, 1.54) is 19.2 Å². The summed E-state index contributed by atoms with van der Waals surface area (Å²) in [4.78, 5) is 0. The van der Waals surface area contributed by atoms with E-state index in [9.17, 15) is 13.2 Å². The summed E-state index contributed by atoms with van der Waals surface area (Å²) >= 11 is 0. The Kier molecular flexibility index (Phi) is 6.72. The highest BCUT2D eigenvalue weighted by atomic mass is 19.4. The number of unbranched alkanes of at least 4 members (excludes halogenated alkanes) is 1. The van der Waals surface area contributed by atoms with Gasteiger partial charge >= 0.3 is 6.18 Å². The number of ether oxygens (including phenoxy) is 1. The van der Waals surface area contributed by atoms with Crippen LogP contribution >= 0.6 is 0 Å². The number of aryl methyl sites for hydroxylation is 1. The molecule has 0 unspecified atom stereocenters. The predicted molar refractivity (Wildman–Crippen MR) is 84.5 cm³/mol. The molecule has 0 spiro atoms. The van der Waals surface area contributed by atoms with Crippen molar-refractivity contribution < 1.29 is 17.9 Å². The molecule has 22 heavy (non-hydrogen) atoms. The molecule has 0 aliphatic heterocycles. The van der Waals surface area contributed by atoms with Gasteiger partial charge < -0.3 is 4.74 Å². The third-order valence-corrected chi connectivity index (χ3v) is 3.50. The third-order valence-electron chi connectivity index (χ3n) is 3.50. The molecule has 1 aromatic rings. The van der Waals surface area contributed by atoms with E-state index >= 15 is 0 Å². The number of rotatable bonds is 7. The molecule has 0 aromatic heterocycles. The molecule has 0 radical (unpaired) electrons. The lowest BCUT2D eigenvalue weighted by Gasteiger charge is -2.15. The highest BCUT2D eigenvalue weighted by Crippen LogP contribution is 2.36. The van der Waals surface area contributed by atoms with Gasteiger partial charge in [0.1, 0.15) is 0 Å². The van der Waals surface area contributed by atoms with Gasteiger partial charge in [-0.25, -0.2) is 0 Å². The SMILES string of the molecule is C=C(/C=C(/CC)OC)c1ccc(CCCC)cc1C(F)(F)F. The zero-order valence-electron chi connectivity index (χ0n) is 13.4. The van der Waals surface area contributed by atoms with Crippen LogP contribution in [0, 0.1) is 0 Å². The Balaban J connectivity index is 3.23. The predicted octanol–water partition coefficient (Wildman–Crippen LogP) is 6.00. The fourth-order valence-corrected chi connectivity index (χ4v) is 2.22. The Labute approximate surface area is 130 Å². The highest BCUT2D eigenvalue weighted by Gasteiger charge is 2.33. The van der Waals surface area contributed by atoms with Crippen molar-refractivity contribution in [1.82, 2.24) is 0 Å². The summed E-state index contributed by atoms with van der Waals surface area (Å²) in [5, 5.41) is 0. The maximum absolute atomic E-state index is 13.3. The summed E-state index contributed by atoms with van der Waals surface area (Å²) in [7, 11) is 1.50. The molecule has 122 valence electrons. The Morgan fingerprint density at radius 1 is 1.27 bits per heavy atom. The molecule has 0 N–H and O–H groups in total. The molecular weight excluding hydrogens is 289 g/mol. The fraction of sp³-hybridized carbons (Fsp3) is 0.444. The first kappa shape index (κ1) is 18.3. The summed E-state index contributed by atoms with van der Waals surface area (Å²) in [6.45, 7) is 7.66. The van der Waals surface area contributed by atoms with Crippen molar-refractivity contribution in [2.45, 2.75) is 45.7 Å². The largest absolute Gasteiger partial charge is 0.501 e. The number of halogens is 3. The van der Waals surface area contributed by atoms with Gasteiger partial charge in [-0.3, -0.25) is 0 Å². The molecule has 1 nitrogen and oxygen atoms in total. The van der Waals surface area contributed by atoms with Crippen LogP contribution < -0.4 is 0 Å². The summed E-state index contributed by atoms with van der Waals surface area (Å²) in [5.74, 6) is 0.605. The second-order valence-electron chi connectivity index (χ2n) is 5.17. The molecule has 0 saturated carbocycles. The molecule has 0 fully saturated rings. The van der Waals surface area contributed by atoms with Gasteiger partial charge in [-0.2, -0.15) is 13.2 Å². The number of alkyl halides is 3. The van der Waals surface area contributed by atoms with E-state index in [1.54, 1.807) is 12.1 Å². The second kappa shape index (κ2) is 8.06. The fourth-order valence-electron chi connectivity index (χ4n) is 2.22. The summed E-state index contributed by atoms with van der Waals surface area (Å²) < 4.78 is 45.1. The number of benzene rings is 1. The van der Waals surface area contributed by atoms with Crippen molar-refractivity contribution in [3.63, 3.8) is 0 Å². The van der Waals surface area contributed by atoms with Crippen LogP contribution in [0.1, 0.15) is 49.8 Å². The summed E-state index contributed by atoms with van der Waals surface area (Å²) in [6.07, 6.45) is 0.253. The van der Waals surface area contributed by atoms with E-state index in [0.717, 1.165) is 12.8 Å². The normalized spacial score (nSPS) is 12.4. The minimum Gasteiger partial charge on any atom is -0.501 e. The molecule has 4 heteroatoms. The van der Waals surface area contributed by atoms with Crippen LogP contribution in [0.15, 0.2) is 36.6 Å². The number of allylic oxidation sites excluding steroid dienone is 3. The topological polar surface area (TPSA) is 9.23 Å². The Hall–Kier alpha value is -1.71. The van der Waals surface area contributed by atoms with Crippen molar-refractivity contribution in [2.75, 3.05) is 7.11 Å². The lowest BCUT2D eigenvalue weighted by atomic mass is 9.95. The summed E-state index contributed by atoms with van der Waals surface area (Å²) in [6, 6.07) is 4.50. The first-order valence-corrected chi connectivity index (χ1v) is 7.47. The van der Waals surface area contributed by atoms with E-state index in [4.69, 9.17) is 4.74 Å². The molecule has 0 heterocycles. The smallest absolute Gasteiger partial charge is 0.417 e. The maximum atomic E-state index is 13.3. The van der Waals surface area contributed by atoms with Gasteiger partial charge in [0.15, 0.2) is 0 Å². The molecule has 0 bridgehead atoms. The van der Waals surface area contributed by atoms with Crippen molar-refractivity contribution in [2.24, 2.45) is 0 Å². The Morgan fingerprint density at radius 3 is 2.45 bits per heavy atom. The van der Waals surface area contributed by atoms with Crippen LogP contribution in [0.4, 0.5) is 13.2 Å². The van der Waals surface area contributed by atoms with E-state index in [-0.39, 0.29) is 5.56 Å². The Bertz CT molecular complexity index is 536. The van der Waals surface area contributed by atoms with Gasteiger partial charge in [-0.15, -0.1) is 0 Å². The number of hydrogen-bond acceptors (Lipinski definition) is 1. The number of hydrogen-bond donors (Lipinski definition) is 0. The minimum atomic E-state index is -4.40. The van der Waals surface area contributed by atoms with Crippen LogP contribution in [0.25, 0.3) is 5.57 Å². The maximum Gasteiger partial charge on any atom is 0.417 e. The van der Waals surface area contributed by atoms with Gasteiger partial charge in [-0.05, 0) is 41.7 Å². The van der Waals surface area contributed by atoms with Crippen molar-refractivity contribution in [3.8, 4) is 0 Å². The molecule has 0 atom stereocenters. The molecule has 1 aromatic carbocycles. The molecule has 0 aliphatic rings. The van der Waals surface area contributed by atoms with Crippen LogP contribution in [-0.4, -0.2) is 7.11 Å². The first-order chi connectivity index (χ1) is 10.3. The van der Waals surface area contributed by atoms with E-state index in [1.807, 2.05) is 13.8 Å². The zero-order valence-corrected chi connectivity index (χ0v) is 13.4. The number of methoxy groups -OCH3 is 1. The van der Waals surface area contributed by atoms with Crippen LogP contribution in [0.5, 0.6) is 0 Å². The van der Waals surface area contributed by atoms with Gasteiger partial charge in [0, 0.05) is 6.42 Å². The first-order valence-electron chi connectivity index (χ1n) is 7.47. The summed E-state index contributed by atoms with van der Waals surface area (Å²) in [5.41, 5.74) is 0.495. The quantitative estimate of drug-likeness (QED) is 0.443. The Morgan fingerprint density at radius 2 is 1.95 bits per heavy atom.